The molecule has 19 heavy (non-hydrogen) atoms. The van der Waals surface area contributed by atoms with Gasteiger partial charge in [0.25, 0.3) is 5.91 Å². The zero-order valence-electron chi connectivity index (χ0n) is 10.2. The third kappa shape index (κ3) is 3.41. The predicted octanol–water partition coefficient (Wildman–Crippen LogP) is 2.18. The number of hydrogen-bond donors (Lipinski definition) is 2. The summed E-state index contributed by atoms with van der Waals surface area (Å²) in [6, 6.07) is 3.34. The first-order valence-electron chi connectivity index (χ1n) is 5.64. The number of furan rings is 1. The lowest BCUT2D eigenvalue weighted by atomic mass is 10.3. The quantitative estimate of drug-likeness (QED) is 0.875. The molecule has 0 bridgehead atoms. The van der Waals surface area contributed by atoms with Gasteiger partial charge in [-0.25, -0.2) is 4.98 Å². The Hall–Kier alpha value is -2.15. The van der Waals surface area contributed by atoms with Gasteiger partial charge < -0.3 is 9.52 Å². The fourth-order valence-corrected chi connectivity index (χ4v) is 2.15. The molecule has 2 aromatic heterocycles. The predicted molar refractivity (Wildman–Crippen MR) is 69.5 cm³/mol. The molecule has 0 aliphatic carbocycles. The fourth-order valence-electron chi connectivity index (χ4n) is 1.45. The first-order valence-corrected chi connectivity index (χ1v) is 6.52. The van der Waals surface area contributed by atoms with Crippen LogP contribution in [0.5, 0.6) is 0 Å². The van der Waals surface area contributed by atoms with Crippen LogP contribution in [-0.2, 0) is 17.6 Å². The van der Waals surface area contributed by atoms with Gasteiger partial charge in [0.2, 0.25) is 0 Å². The van der Waals surface area contributed by atoms with E-state index in [1.165, 1.54) is 11.3 Å². The maximum atomic E-state index is 11.8. The number of carbonyl (C=O) groups is 2. The summed E-state index contributed by atoms with van der Waals surface area (Å²) in [5.74, 6) is -0.402. The lowest BCUT2D eigenvalue weighted by molar-refractivity contribution is -0.136. The highest BCUT2D eigenvalue weighted by molar-refractivity contribution is 7.14. The third-order valence-electron chi connectivity index (χ3n) is 2.34. The van der Waals surface area contributed by atoms with E-state index in [2.05, 4.69) is 10.3 Å². The molecule has 0 fully saturated rings. The Balaban J connectivity index is 2.02. The van der Waals surface area contributed by atoms with Gasteiger partial charge in [0.1, 0.15) is 5.76 Å². The Morgan fingerprint density at radius 3 is 2.89 bits per heavy atom. The van der Waals surface area contributed by atoms with Crippen molar-refractivity contribution < 1.29 is 19.1 Å². The van der Waals surface area contributed by atoms with Crippen molar-refractivity contribution in [2.24, 2.45) is 0 Å². The van der Waals surface area contributed by atoms with Gasteiger partial charge in [0.05, 0.1) is 12.1 Å². The summed E-state index contributed by atoms with van der Waals surface area (Å²) in [6.45, 7) is 1.93. The van der Waals surface area contributed by atoms with E-state index < -0.39 is 11.9 Å². The van der Waals surface area contributed by atoms with E-state index in [4.69, 9.17) is 9.52 Å². The zero-order valence-corrected chi connectivity index (χ0v) is 11.0. The first-order chi connectivity index (χ1) is 9.08. The van der Waals surface area contributed by atoms with Gasteiger partial charge >= 0.3 is 5.97 Å². The topological polar surface area (TPSA) is 92.4 Å². The minimum absolute atomic E-state index is 0.160. The molecule has 0 saturated heterocycles. The number of carboxylic acids is 1. The van der Waals surface area contributed by atoms with Crippen molar-refractivity contribution in [3.63, 3.8) is 0 Å². The van der Waals surface area contributed by atoms with Crippen molar-refractivity contribution in [1.82, 2.24) is 4.98 Å². The zero-order chi connectivity index (χ0) is 13.8. The number of carboxylic acid groups (broad SMARTS) is 1. The molecule has 0 radical (unpaired) electrons. The Labute approximate surface area is 113 Å². The van der Waals surface area contributed by atoms with E-state index in [1.807, 2.05) is 6.92 Å². The third-order valence-corrected chi connectivity index (χ3v) is 3.14. The highest BCUT2D eigenvalue weighted by atomic mass is 32.1. The van der Waals surface area contributed by atoms with Gasteiger partial charge in [-0.15, -0.1) is 11.3 Å². The van der Waals surface area contributed by atoms with E-state index >= 15 is 0 Å². The average molecular weight is 280 g/mol. The number of aromatic nitrogens is 1. The van der Waals surface area contributed by atoms with Gasteiger partial charge in [-0.3, -0.25) is 14.9 Å². The van der Waals surface area contributed by atoms with Crippen LogP contribution < -0.4 is 5.32 Å². The molecule has 0 aliphatic heterocycles. The molecule has 0 atom stereocenters. The van der Waals surface area contributed by atoms with Crippen LogP contribution in [-0.4, -0.2) is 22.0 Å². The second kappa shape index (κ2) is 5.66. The van der Waals surface area contributed by atoms with Crippen LogP contribution in [0.25, 0.3) is 0 Å². The summed E-state index contributed by atoms with van der Waals surface area (Å²) in [4.78, 5) is 26.3. The molecule has 0 unspecified atom stereocenters. The molecule has 100 valence electrons. The largest absolute Gasteiger partial charge is 0.481 e. The van der Waals surface area contributed by atoms with Gasteiger partial charge in [-0.1, -0.05) is 6.92 Å². The van der Waals surface area contributed by atoms with Gasteiger partial charge in [0, 0.05) is 11.8 Å². The number of anilines is 1. The lowest BCUT2D eigenvalue weighted by Crippen LogP contribution is -2.11. The van der Waals surface area contributed by atoms with Crippen LogP contribution in [0.1, 0.15) is 28.9 Å². The summed E-state index contributed by atoms with van der Waals surface area (Å²) < 4.78 is 5.31. The number of nitrogens with zero attached hydrogens (tertiary/aromatic N) is 1. The van der Waals surface area contributed by atoms with Crippen LogP contribution in [0, 0.1) is 0 Å². The fraction of sp³-hybridized carbons (Fsp3) is 0.250. The molecule has 0 spiro atoms. The molecule has 2 rings (SSSR count). The standard InChI is InChI=1S/C12H12N2O4S/c1-2-8-3-4-9(18-8)11(17)14-12-13-7(6-19-12)5-10(15)16/h3-4,6H,2,5H2,1H3,(H,15,16)(H,13,14,17). The normalized spacial score (nSPS) is 10.4. The monoisotopic (exact) mass is 280 g/mol. The van der Waals surface area contributed by atoms with E-state index in [1.54, 1.807) is 17.5 Å². The number of aliphatic carboxylic acids is 1. The van der Waals surface area contributed by atoms with Gasteiger partial charge in [0.15, 0.2) is 10.9 Å². The van der Waals surface area contributed by atoms with Crippen molar-refractivity contribution in [1.29, 1.82) is 0 Å². The van der Waals surface area contributed by atoms with E-state index in [0.717, 1.165) is 5.76 Å². The van der Waals surface area contributed by atoms with Crippen molar-refractivity contribution in [3.05, 3.63) is 34.7 Å². The summed E-state index contributed by atoms with van der Waals surface area (Å²) in [5.41, 5.74) is 0.418. The molecule has 0 aliphatic rings. The number of hydrogen-bond acceptors (Lipinski definition) is 5. The van der Waals surface area contributed by atoms with Crippen LogP contribution in [0.4, 0.5) is 5.13 Å². The minimum Gasteiger partial charge on any atom is -0.481 e. The molecule has 6 nitrogen and oxygen atoms in total. The number of thiazole rings is 1. The summed E-state index contributed by atoms with van der Waals surface area (Å²) in [5, 5.41) is 13.2. The molecule has 0 saturated carbocycles. The Kier molecular flexibility index (Phi) is 3.96. The smallest absolute Gasteiger partial charge is 0.309 e. The highest BCUT2D eigenvalue weighted by Crippen LogP contribution is 2.17. The van der Waals surface area contributed by atoms with Crippen molar-refractivity contribution in [2.75, 3.05) is 5.32 Å². The molecule has 1 amide bonds. The summed E-state index contributed by atoms with van der Waals surface area (Å²) in [7, 11) is 0. The van der Waals surface area contributed by atoms with E-state index in [9.17, 15) is 9.59 Å². The highest BCUT2D eigenvalue weighted by Gasteiger charge is 2.13. The van der Waals surface area contributed by atoms with Crippen molar-refractivity contribution in [3.8, 4) is 0 Å². The Morgan fingerprint density at radius 1 is 1.47 bits per heavy atom. The number of carbonyl (C=O) groups excluding carboxylic acids is 1. The summed E-state index contributed by atoms with van der Waals surface area (Å²) in [6.07, 6.45) is 0.556. The summed E-state index contributed by atoms with van der Waals surface area (Å²) >= 11 is 1.18. The second-order valence-corrected chi connectivity index (χ2v) is 4.65. The van der Waals surface area contributed by atoms with E-state index in [0.29, 0.717) is 17.2 Å². The molecule has 7 heteroatoms. The maximum Gasteiger partial charge on any atom is 0.309 e. The molecule has 0 aromatic carbocycles. The van der Waals surface area contributed by atoms with Gasteiger partial charge in [-0.05, 0) is 12.1 Å². The second-order valence-electron chi connectivity index (χ2n) is 3.79. The Bertz CT molecular complexity index is 602. The first kappa shape index (κ1) is 13.3. The van der Waals surface area contributed by atoms with Gasteiger partial charge in [-0.2, -0.15) is 0 Å². The minimum atomic E-state index is -0.957. The van der Waals surface area contributed by atoms with Crippen molar-refractivity contribution >= 4 is 28.3 Å². The number of amides is 1. The van der Waals surface area contributed by atoms with Crippen LogP contribution >= 0.6 is 11.3 Å². The average Bonchev–Trinajstić information content (AvgIpc) is 2.97. The number of aryl methyl sites for hydroxylation is 1. The van der Waals surface area contributed by atoms with Crippen LogP contribution in [0.15, 0.2) is 21.9 Å². The van der Waals surface area contributed by atoms with Crippen LogP contribution in [0.2, 0.25) is 0 Å². The lowest BCUT2D eigenvalue weighted by Gasteiger charge is -1.97. The van der Waals surface area contributed by atoms with E-state index in [-0.39, 0.29) is 12.2 Å². The molecule has 2 N–H and O–H groups in total. The molecular formula is C12H12N2O4S. The van der Waals surface area contributed by atoms with Crippen LogP contribution in [0.3, 0.4) is 0 Å². The Morgan fingerprint density at radius 2 is 2.26 bits per heavy atom. The SMILES string of the molecule is CCc1ccc(C(=O)Nc2nc(CC(=O)O)cs2)o1. The maximum absolute atomic E-state index is 11.8. The number of nitrogens with one attached hydrogen (secondary N) is 1. The van der Waals surface area contributed by atoms with Crippen molar-refractivity contribution in [2.45, 2.75) is 19.8 Å². The number of rotatable bonds is 5. The molecular weight excluding hydrogens is 268 g/mol. The molecule has 2 aromatic rings. The molecule has 2 heterocycles.